The van der Waals surface area contributed by atoms with Gasteiger partial charge in [-0.2, -0.15) is 0 Å². The highest BCUT2D eigenvalue weighted by molar-refractivity contribution is 14.1. The Bertz CT molecular complexity index is 627. The van der Waals surface area contributed by atoms with Crippen molar-refractivity contribution in [2.75, 3.05) is 13.2 Å². The fraction of sp³-hybridized carbons (Fsp3) is 0.600. The molecule has 3 heterocycles. The Labute approximate surface area is 120 Å². The molecule has 3 rings (SSSR count). The lowest BCUT2D eigenvalue weighted by Crippen LogP contribution is -2.44. The number of hydrogen-bond acceptors (Lipinski definition) is 6. The van der Waals surface area contributed by atoms with Gasteiger partial charge in [0.1, 0.15) is 17.8 Å². The van der Waals surface area contributed by atoms with E-state index in [4.69, 9.17) is 9.47 Å². The number of aliphatic hydroxyl groups excluding tert-OH is 2. The Morgan fingerprint density at radius 1 is 1.58 bits per heavy atom. The summed E-state index contributed by atoms with van der Waals surface area (Å²) in [7, 11) is 0. The normalized spacial score (nSPS) is 36.9. The maximum absolute atomic E-state index is 11.8. The number of halogens is 1. The predicted molar refractivity (Wildman–Crippen MR) is 69.7 cm³/mol. The van der Waals surface area contributed by atoms with E-state index in [2.05, 4.69) is 4.98 Å². The van der Waals surface area contributed by atoms with Crippen molar-refractivity contribution in [2.45, 2.75) is 24.0 Å². The van der Waals surface area contributed by atoms with Crippen LogP contribution in [0.3, 0.4) is 0 Å². The molecule has 2 aliphatic rings. The number of nitrogens with zero attached hydrogens (tertiary/aromatic N) is 1. The van der Waals surface area contributed by atoms with Crippen LogP contribution < -0.4 is 11.2 Å². The first kappa shape index (κ1) is 13.2. The zero-order chi connectivity index (χ0) is 13.8. The molecule has 1 unspecified atom stereocenters. The molecule has 2 aliphatic heterocycles. The van der Waals surface area contributed by atoms with Crippen molar-refractivity contribution in [1.29, 1.82) is 0 Å². The van der Waals surface area contributed by atoms with Crippen LogP contribution in [-0.2, 0) is 9.47 Å². The molecule has 0 saturated carbocycles. The highest BCUT2D eigenvalue weighted by Gasteiger charge is 2.61. The number of fused-ring (bicyclic) bond motifs is 2. The van der Waals surface area contributed by atoms with Crippen molar-refractivity contribution in [2.24, 2.45) is 0 Å². The van der Waals surface area contributed by atoms with Crippen LogP contribution in [0.15, 0.2) is 15.8 Å². The van der Waals surface area contributed by atoms with Crippen molar-refractivity contribution in [3.63, 3.8) is 0 Å². The molecule has 0 spiro atoms. The SMILES string of the molecule is O=c1[nH]c(=O)n([C@@H]2O[C@]3(CO)COC2[C@@H]3O)cc1I. The van der Waals surface area contributed by atoms with E-state index < -0.39 is 41.9 Å². The Balaban J connectivity index is 2.04. The van der Waals surface area contributed by atoms with Crippen LogP contribution >= 0.6 is 22.6 Å². The molecule has 19 heavy (non-hydrogen) atoms. The number of H-pyrrole nitrogens is 1. The standard InChI is InChI=1S/C10H11IN2O6/c11-4-1-13(9(17)12-7(4)16)8-5-6(15)10(2-14,19-8)3-18-5/h1,5-6,8,14-15H,2-3H2,(H,12,16,17)/t5?,6-,8+,10+/m0/s1. The highest BCUT2D eigenvalue weighted by Crippen LogP contribution is 2.44. The molecular formula is C10H11IN2O6. The number of aromatic amines is 1. The van der Waals surface area contributed by atoms with E-state index in [0.717, 1.165) is 4.57 Å². The lowest BCUT2D eigenvalue weighted by molar-refractivity contribution is -0.187. The molecule has 1 aromatic rings. The lowest BCUT2D eigenvalue weighted by Gasteiger charge is -2.29. The molecule has 0 aliphatic carbocycles. The van der Waals surface area contributed by atoms with Crippen molar-refractivity contribution >= 4 is 22.6 Å². The van der Waals surface area contributed by atoms with Crippen molar-refractivity contribution in [3.05, 3.63) is 30.6 Å². The van der Waals surface area contributed by atoms with Gasteiger partial charge in [0.25, 0.3) is 5.56 Å². The summed E-state index contributed by atoms with van der Waals surface area (Å²) in [5.41, 5.74) is -2.33. The first-order valence-corrected chi connectivity index (χ1v) is 6.66. The van der Waals surface area contributed by atoms with Gasteiger partial charge < -0.3 is 19.7 Å². The van der Waals surface area contributed by atoms with E-state index >= 15 is 0 Å². The van der Waals surface area contributed by atoms with Gasteiger partial charge in [0.2, 0.25) is 0 Å². The van der Waals surface area contributed by atoms with Crippen LogP contribution in [0.5, 0.6) is 0 Å². The van der Waals surface area contributed by atoms with E-state index in [1.807, 2.05) is 0 Å². The number of nitrogens with one attached hydrogen (secondary N) is 1. The van der Waals surface area contributed by atoms with Crippen LogP contribution in [0.1, 0.15) is 6.23 Å². The summed E-state index contributed by atoms with van der Waals surface area (Å²) in [5, 5.41) is 19.4. The van der Waals surface area contributed by atoms with Gasteiger partial charge in [0, 0.05) is 6.20 Å². The molecule has 1 aromatic heterocycles. The van der Waals surface area contributed by atoms with Gasteiger partial charge in [-0.05, 0) is 22.6 Å². The molecule has 0 amide bonds. The summed E-state index contributed by atoms with van der Waals surface area (Å²) in [6.45, 7) is -0.336. The molecular weight excluding hydrogens is 371 g/mol. The molecule has 2 fully saturated rings. The van der Waals surface area contributed by atoms with Gasteiger partial charge in [0.05, 0.1) is 16.8 Å². The minimum absolute atomic E-state index is 0.0705. The second-order valence-corrected chi connectivity index (χ2v) is 5.76. The summed E-state index contributed by atoms with van der Waals surface area (Å²) in [6, 6.07) is 0. The Morgan fingerprint density at radius 2 is 2.32 bits per heavy atom. The van der Waals surface area contributed by atoms with E-state index in [1.54, 1.807) is 22.6 Å². The van der Waals surface area contributed by atoms with Crippen LogP contribution in [0.4, 0.5) is 0 Å². The maximum Gasteiger partial charge on any atom is 0.330 e. The third-order valence-corrected chi connectivity index (χ3v) is 4.24. The molecule has 9 heteroatoms. The number of aromatic nitrogens is 2. The smallest absolute Gasteiger partial charge is 0.330 e. The predicted octanol–water partition coefficient (Wildman–Crippen LogP) is -1.84. The maximum atomic E-state index is 11.8. The second kappa shape index (κ2) is 4.38. The molecule has 8 nitrogen and oxygen atoms in total. The second-order valence-electron chi connectivity index (χ2n) is 4.60. The first-order chi connectivity index (χ1) is 8.98. The third kappa shape index (κ3) is 1.80. The number of hydrogen-bond donors (Lipinski definition) is 3. The minimum Gasteiger partial charge on any atom is -0.393 e. The fourth-order valence-electron chi connectivity index (χ4n) is 2.40. The van der Waals surface area contributed by atoms with Crippen molar-refractivity contribution < 1.29 is 19.7 Å². The third-order valence-electron chi connectivity index (χ3n) is 3.47. The zero-order valence-electron chi connectivity index (χ0n) is 9.58. The van der Waals surface area contributed by atoms with E-state index in [0.29, 0.717) is 3.57 Å². The Hall–Kier alpha value is -0.750. The molecule has 2 bridgehead atoms. The number of ether oxygens (including phenoxy) is 2. The number of rotatable bonds is 2. The van der Waals surface area contributed by atoms with E-state index in [1.165, 1.54) is 6.20 Å². The fourth-order valence-corrected chi connectivity index (χ4v) is 2.84. The zero-order valence-corrected chi connectivity index (χ0v) is 11.7. The molecule has 0 radical (unpaired) electrons. The van der Waals surface area contributed by atoms with Gasteiger partial charge in [-0.1, -0.05) is 0 Å². The topological polar surface area (TPSA) is 114 Å². The quantitative estimate of drug-likeness (QED) is 0.519. The first-order valence-electron chi connectivity index (χ1n) is 5.58. The summed E-state index contributed by atoms with van der Waals surface area (Å²) >= 11 is 1.79. The summed E-state index contributed by atoms with van der Waals surface area (Å²) in [6.07, 6.45) is -1.28. The van der Waals surface area contributed by atoms with Crippen LogP contribution in [-0.4, -0.2) is 50.8 Å². The molecule has 3 N–H and O–H groups in total. The lowest BCUT2D eigenvalue weighted by atomic mass is 10.0. The van der Waals surface area contributed by atoms with Crippen LogP contribution in [0.2, 0.25) is 0 Å². The van der Waals surface area contributed by atoms with Crippen molar-refractivity contribution in [1.82, 2.24) is 9.55 Å². The summed E-state index contributed by atoms with van der Waals surface area (Å²) in [4.78, 5) is 25.2. The average molecular weight is 382 g/mol. The average Bonchev–Trinajstić information content (AvgIpc) is 2.85. The van der Waals surface area contributed by atoms with E-state index in [-0.39, 0.29) is 6.61 Å². The van der Waals surface area contributed by atoms with Gasteiger partial charge in [0.15, 0.2) is 6.23 Å². The highest BCUT2D eigenvalue weighted by atomic mass is 127. The van der Waals surface area contributed by atoms with Gasteiger partial charge in [-0.15, -0.1) is 0 Å². The minimum atomic E-state index is -1.20. The van der Waals surface area contributed by atoms with E-state index in [9.17, 15) is 19.8 Å². The van der Waals surface area contributed by atoms with Gasteiger partial charge in [-0.3, -0.25) is 14.3 Å². The Morgan fingerprint density at radius 3 is 2.95 bits per heavy atom. The molecule has 104 valence electrons. The van der Waals surface area contributed by atoms with Gasteiger partial charge in [-0.25, -0.2) is 4.79 Å². The largest absolute Gasteiger partial charge is 0.393 e. The van der Waals surface area contributed by atoms with Gasteiger partial charge >= 0.3 is 5.69 Å². The molecule has 2 saturated heterocycles. The molecule has 0 aromatic carbocycles. The summed E-state index contributed by atoms with van der Waals surface area (Å²) < 4.78 is 12.4. The van der Waals surface area contributed by atoms with Crippen molar-refractivity contribution in [3.8, 4) is 0 Å². The number of aliphatic hydroxyl groups is 2. The van der Waals surface area contributed by atoms with Crippen LogP contribution in [0, 0.1) is 3.57 Å². The monoisotopic (exact) mass is 382 g/mol. The van der Waals surface area contributed by atoms with Crippen LogP contribution in [0.25, 0.3) is 0 Å². The Kier molecular flexibility index (Phi) is 3.05. The summed E-state index contributed by atoms with van der Waals surface area (Å²) in [5.74, 6) is 0. The molecule has 4 atom stereocenters.